The van der Waals surface area contributed by atoms with E-state index in [9.17, 15) is 0 Å². The Morgan fingerprint density at radius 1 is 1.27 bits per heavy atom. The fourth-order valence-corrected chi connectivity index (χ4v) is 2.08. The molecule has 2 N–H and O–H groups in total. The van der Waals surface area contributed by atoms with Gasteiger partial charge in [-0.25, -0.2) is 0 Å². The van der Waals surface area contributed by atoms with Crippen LogP contribution in [0.15, 0.2) is 30.3 Å². The summed E-state index contributed by atoms with van der Waals surface area (Å²) in [6.45, 7) is 3.40. The van der Waals surface area contributed by atoms with Crippen molar-refractivity contribution < 1.29 is 0 Å². The van der Waals surface area contributed by atoms with E-state index in [4.69, 9.17) is 0 Å². The van der Waals surface area contributed by atoms with Crippen LogP contribution in [0.25, 0.3) is 0 Å². The van der Waals surface area contributed by atoms with Crippen LogP contribution in [0.3, 0.4) is 0 Å². The Morgan fingerprint density at radius 3 is 2.87 bits per heavy atom. The third kappa shape index (κ3) is 3.65. The molecule has 0 spiro atoms. The summed E-state index contributed by atoms with van der Waals surface area (Å²) in [5.41, 5.74) is 1.42. The van der Waals surface area contributed by atoms with E-state index >= 15 is 0 Å². The minimum Gasteiger partial charge on any atom is -0.315 e. The Kier molecular flexibility index (Phi) is 4.18. The highest BCUT2D eigenvalue weighted by Gasteiger charge is 2.12. The Bertz CT molecular complexity index is 265. The molecule has 2 heteroatoms. The van der Waals surface area contributed by atoms with E-state index in [0.717, 1.165) is 19.5 Å². The number of hydrogen-bond acceptors (Lipinski definition) is 2. The van der Waals surface area contributed by atoms with E-state index in [0.29, 0.717) is 6.04 Å². The maximum atomic E-state index is 3.51. The zero-order chi connectivity index (χ0) is 10.3. The van der Waals surface area contributed by atoms with Crippen molar-refractivity contribution in [3.05, 3.63) is 35.9 Å². The first-order valence-electron chi connectivity index (χ1n) is 5.93. The molecule has 1 aliphatic heterocycles. The van der Waals surface area contributed by atoms with E-state index in [1.807, 2.05) is 0 Å². The van der Waals surface area contributed by atoms with Gasteiger partial charge in [0.1, 0.15) is 0 Å². The number of hydrogen-bond donors (Lipinski definition) is 2. The van der Waals surface area contributed by atoms with Gasteiger partial charge in [-0.2, -0.15) is 0 Å². The van der Waals surface area contributed by atoms with Gasteiger partial charge in [0.2, 0.25) is 0 Å². The van der Waals surface area contributed by atoms with Crippen LogP contribution in [0.2, 0.25) is 0 Å². The van der Waals surface area contributed by atoms with Gasteiger partial charge >= 0.3 is 0 Å². The van der Waals surface area contributed by atoms with E-state index in [2.05, 4.69) is 41.0 Å². The highest BCUT2D eigenvalue weighted by Crippen LogP contribution is 2.03. The maximum Gasteiger partial charge on any atom is 0.0192 e. The second-order valence-electron chi connectivity index (χ2n) is 4.23. The smallest absolute Gasteiger partial charge is 0.0192 e. The van der Waals surface area contributed by atoms with E-state index in [1.165, 1.54) is 24.9 Å². The number of nitrogens with one attached hydrogen (secondary N) is 2. The van der Waals surface area contributed by atoms with Crippen LogP contribution >= 0.6 is 0 Å². The predicted molar refractivity (Wildman–Crippen MR) is 64.0 cm³/mol. The average molecular weight is 204 g/mol. The topological polar surface area (TPSA) is 24.1 Å². The van der Waals surface area contributed by atoms with Gasteiger partial charge in [0.05, 0.1) is 0 Å². The Labute approximate surface area is 92.1 Å². The van der Waals surface area contributed by atoms with Crippen LogP contribution < -0.4 is 10.6 Å². The summed E-state index contributed by atoms with van der Waals surface area (Å²) in [6, 6.07) is 11.4. The first-order valence-corrected chi connectivity index (χ1v) is 5.93. The molecular formula is C13H20N2. The molecule has 82 valence electrons. The van der Waals surface area contributed by atoms with Crippen LogP contribution in [0.5, 0.6) is 0 Å². The van der Waals surface area contributed by atoms with Gasteiger partial charge in [-0.15, -0.1) is 0 Å². The molecule has 0 amide bonds. The second kappa shape index (κ2) is 5.89. The lowest BCUT2D eigenvalue weighted by Gasteiger charge is -2.11. The summed E-state index contributed by atoms with van der Waals surface area (Å²) in [5, 5.41) is 7.01. The zero-order valence-corrected chi connectivity index (χ0v) is 9.21. The average Bonchev–Trinajstić information content (AvgIpc) is 2.79. The summed E-state index contributed by atoms with van der Waals surface area (Å²) in [6.07, 6.45) is 3.80. The van der Waals surface area contributed by atoms with E-state index in [1.54, 1.807) is 0 Å². The van der Waals surface area contributed by atoms with Crippen LogP contribution in [0.1, 0.15) is 18.4 Å². The molecule has 1 aliphatic rings. The Hall–Kier alpha value is -0.860. The van der Waals surface area contributed by atoms with Crippen LogP contribution in [0.4, 0.5) is 0 Å². The minimum atomic E-state index is 0.709. The van der Waals surface area contributed by atoms with Gasteiger partial charge in [0.15, 0.2) is 0 Å². The summed E-state index contributed by atoms with van der Waals surface area (Å²) in [4.78, 5) is 0. The minimum absolute atomic E-state index is 0.709. The number of rotatable bonds is 5. The normalized spacial score (nSPS) is 20.7. The van der Waals surface area contributed by atoms with Crippen molar-refractivity contribution in [2.24, 2.45) is 0 Å². The van der Waals surface area contributed by atoms with Crippen LogP contribution in [-0.4, -0.2) is 25.7 Å². The Morgan fingerprint density at radius 2 is 2.13 bits per heavy atom. The third-order valence-corrected chi connectivity index (χ3v) is 2.99. The fourth-order valence-electron chi connectivity index (χ4n) is 2.08. The lowest BCUT2D eigenvalue weighted by molar-refractivity contribution is 0.537. The molecule has 15 heavy (non-hydrogen) atoms. The number of benzene rings is 1. The lowest BCUT2D eigenvalue weighted by atomic mass is 10.1. The fraction of sp³-hybridized carbons (Fsp3) is 0.538. The first-order chi connectivity index (χ1) is 7.45. The summed E-state index contributed by atoms with van der Waals surface area (Å²) >= 11 is 0. The summed E-state index contributed by atoms with van der Waals surface area (Å²) in [7, 11) is 0. The first kappa shape index (κ1) is 10.7. The zero-order valence-electron chi connectivity index (χ0n) is 9.21. The van der Waals surface area contributed by atoms with Crippen LogP contribution in [0, 0.1) is 0 Å². The van der Waals surface area contributed by atoms with Crippen molar-refractivity contribution in [1.82, 2.24) is 10.6 Å². The highest BCUT2D eigenvalue weighted by molar-refractivity contribution is 5.14. The molecule has 1 fully saturated rings. The Balaban J connectivity index is 1.59. The van der Waals surface area contributed by atoms with Crippen molar-refractivity contribution >= 4 is 0 Å². The van der Waals surface area contributed by atoms with E-state index in [-0.39, 0.29) is 0 Å². The van der Waals surface area contributed by atoms with Gasteiger partial charge in [-0.1, -0.05) is 30.3 Å². The highest BCUT2D eigenvalue weighted by atomic mass is 15.0. The van der Waals surface area contributed by atoms with Crippen LogP contribution in [-0.2, 0) is 6.42 Å². The molecule has 1 saturated heterocycles. The van der Waals surface area contributed by atoms with Crippen molar-refractivity contribution in [3.63, 3.8) is 0 Å². The summed E-state index contributed by atoms with van der Waals surface area (Å²) < 4.78 is 0. The van der Waals surface area contributed by atoms with E-state index < -0.39 is 0 Å². The monoisotopic (exact) mass is 204 g/mol. The molecule has 1 aromatic carbocycles. The molecule has 0 aromatic heterocycles. The molecule has 1 heterocycles. The maximum absolute atomic E-state index is 3.51. The SMILES string of the molecule is c1ccc(CCNCC2CCCN2)cc1. The molecule has 2 rings (SSSR count). The van der Waals surface area contributed by atoms with Gasteiger partial charge in [-0.05, 0) is 37.9 Å². The molecule has 1 unspecified atom stereocenters. The molecule has 0 aliphatic carbocycles. The quantitative estimate of drug-likeness (QED) is 0.711. The largest absolute Gasteiger partial charge is 0.315 e. The van der Waals surface area contributed by atoms with Gasteiger partial charge in [0, 0.05) is 12.6 Å². The molecular weight excluding hydrogens is 184 g/mol. The van der Waals surface area contributed by atoms with Gasteiger partial charge < -0.3 is 10.6 Å². The predicted octanol–water partition coefficient (Wildman–Crippen LogP) is 1.57. The standard InChI is InChI=1S/C13H20N2/c1-2-5-12(6-3-1)8-10-14-11-13-7-4-9-15-13/h1-3,5-6,13-15H,4,7-11H2. The molecule has 0 radical (unpaired) electrons. The summed E-state index contributed by atoms with van der Waals surface area (Å²) in [5.74, 6) is 0. The molecule has 1 atom stereocenters. The lowest BCUT2D eigenvalue weighted by Crippen LogP contribution is -2.34. The third-order valence-electron chi connectivity index (χ3n) is 2.99. The van der Waals surface area contributed by atoms with Gasteiger partial charge in [0.25, 0.3) is 0 Å². The molecule has 0 bridgehead atoms. The second-order valence-corrected chi connectivity index (χ2v) is 4.23. The van der Waals surface area contributed by atoms with Crippen molar-refractivity contribution in [3.8, 4) is 0 Å². The molecule has 2 nitrogen and oxygen atoms in total. The van der Waals surface area contributed by atoms with Crippen molar-refractivity contribution in [1.29, 1.82) is 0 Å². The molecule has 1 aromatic rings. The van der Waals surface area contributed by atoms with Crippen molar-refractivity contribution in [2.45, 2.75) is 25.3 Å². The van der Waals surface area contributed by atoms with Gasteiger partial charge in [-0.3, -0.25) is 0 Å². The van der Waals surface area contributed by atoms with Crippen molar-refractivity contribution in [2.75, 3.05) is 19.6 Å². The molecule has 0 saturated carbocycles.